The first kappa shape index (κ1) is 16.9. The van der Waals surface area contributed by atoms with Crippen LogP contribution in [0, 0.1) is 0 Å². The van der Waals surface area contributed by atoms with Gasteiger partial charge in [0.2, 0.25) is 10.0 Å². The minimum Gasteiger partial charge on any atom is -0.465 e. The van der Waals surface area contributed by atoms with E-state index in [0.29, 0.717) is 24.2 Å². The summed E-state index contributed by atoms with van der Waals surface area (Å²) in [7, 11) is -0.237. The van der Waals surface area contributed by atoms with Crippen molar-refractivity contribution in [1.82, 2.24) is 9.62 Å². The molecule has 122 valence electrons. The SMILES string of the molecule is CNC1CCCN(S(=O)(=O)Cc2cccc(C(=O)OC)c2)C1. The van der Waals surface area contributed by atoms with Gasteiger partial charge in [-0.3, -0.25) is 0 Å². The molecule has 6 nitrogen and oxygen atoms in total. The van der Waals surface area contributed by atoms with E-state index < -0.39 is 16.0 Å². The minimum absolute atomic E-state index is 0.103. The summed E-state index contributed by atoms with van der Waals surface area (Å²) < 4.78 is 31.3. The molecule has 0 aliphatic carbocycles. The first-order valence-electron chi connectivity index (χ1n) is 7.28. The van der Waals surface area contributed by atoms with Crippen LogP contribution in [-0.4, -0.2) is 52.0 Å². The van der Waals surface area contributed by atoms with Crippen molar-refractivity contribution in [2.75, 3.05) is 27.2 Å². The van der Waals surface area contributed by atoms with Crippen molar-refractivity contribution in [2.24, 2.45) is 0 Å². The first-order valence-corrected chi connectivity index (χ1v) is 8.89. The van der Waals surface area contributed by atoms with Gasteiger partial charge in [0.25, 0.3) is 0 Å². The summed E-state index contributed by atoms with van der Waals surface area (Å²) in [6.45, 7) is 1.05. The summed E-state index contributed by atoms with van der Waals surface area (Å²) in [6.07, 6.45) is 1.84. The lowest BCUT2D eigenvalue weighted by molar-refractivity contribution is 0.0600. The Morgan fingerprint density at radius 2 is 2.23 bits per heavy atom. The highest BCUT2D eigenvalue weighted by molar-refractivity contribution is 7.88. The number of hydrogen-bond acceptors (Lipinski definition) is 5. The fraction of sp³-hybridized carbons (Fsp3) is 0.533. The summed E-state index contributed by atoms with van der Waals surface area (Å²) in [5.41, 5.74) is 0.955. The van der Waals surface area contributed by atoms with E-state index >= 15 is 0 Å². The highest BCUT2D eigenvalue weighted by Gasteiger charge is 2.28. The van der Waals surface area contributed by atoms with Crippen molar-refractivity contribution in [2.45, 2.75) is 24.6 Å². The number of methoxy groups -OCH3 is 1. The van der Waals surface area contributed by atoms with Crippen LogP contribution in [0.3, 0.4) is 0 Å². The molecule has 2 rings (SSSR count). The summed E-state index contributed by atoms with van der Waals surface area (Å²) in [4.78, 5) is 11.5. The maximum absolute atomic E-state index is 12.5. The summed E-state index contributed by atoms with van der Waals surface area (Å²) in [6, 6.07) is 6.76. The number of likely N-dealkylation sites (N-methyl/N-ethyl adjacent to an activating group) is 1. The molecule has 1 aromatic rings. The van der Waals surface area contributed by atoms with E-state index in [0.717, 1.165) is 12.8 Å². The Labute approximate surface area is 131 Å². The lowest BCUT2D eigenvalue weighted by atomic mass is 10.1. The van der Waals surface area contributed by atoms with E-state index in [4.69, 9.17) is 0 Å². The number of rotatable bonds is 5. The van der Waals surface area contributed by atoms with Crippen molar-refractivity contribution in [3.8, 4) is 0 Å². The Kier molecular flexibility index (Phi) is 5.55. The minimum atomic E-state index is -3.39. The number of nitrogens with zero attached hydrogens (tertiary/aromatic N) is 1. The number of piperidine rings is 1. The molecule has 7 heteroatoms. The summed E-state index contributed by atoms with van der Waals surface area (Å²) >= 11 is 0. The highest BCUT2D eigenvalue weighted by Crippen LogP contribution is 2.18. The van der Waals surface area contributed by atoms with Crippen molar-refractivity contribution < 1.29 is 17.9 Å². The van der Waals surface area contributed by atoms with Gasteiger partial charge in [0, 0.05) is 19.1 Å². The van der Waals surface area contributed by atoms with Crippen LogP contribution in [0.2, 0.25) is 0 Å². The molecule has 1 aliphatic rings. The average molecular weight is 326 g/mol. The van der Waals surface area contributed by atoms with Crippen LogP contribution >= 0.6 is 0 Å². The van der Waals surface area contributed by atoms with Gasteiger partial charge in [-0.2, -0.15) is 0 Å². The number of esters is 1. The molecule has 0 saturated carbocycles. The third kappa shape index (κ3) is 4.06. The number of carbonyl (C=O) groups is 1. The van der Waals surface area contributed by atoms with Gasteiger partial charge in [0.15, 0.2) is 0 Å². The molecule has 1 fully saturated rings. The summed E-state index contributed by atoms with van der Waals surface area (Å²) in [5, 5.41) is 3.13. The molecule has 1 atom stereocenters. The van der Waals surface area contributed by atoms with Gasteiger partial charge < -0.3 is 10.1 Å². The van der Waals surface area contributed by atoms with Crippen molar-refractivity contribution >= 4 is 16.0 Å². The molecule has 1 aliphatic heterocycles. The van der Waals surface area contributed by atoms with Crippen LogP contribution in [0.1, 0.15) is 28.8 Å². The Morgan fingerprint density at radius 3 is 2.91 bits per heavy atom. The molecule has 1 heterocycles. The van der Waals surface area contributed by atoms with Gasteiger partial charge in [-0.05, 0) is 37.6 Å². The number of nitrogens with one attached hydrogen (secondary N) is 1. The van der Waals surface area contributed by atoms with E-state index in [1.54, 1.807) is 24.3 Å². The van der Waals surface area contributed by atoms with Gasteiger partial charge in [-0.1, -0.05) is 12.1 Å². The second kappa shape index (κ2) is 7.21. The number of carbonyl (C=O) groups excluding carboxylic acids is 1. The van der Waals surface area contributed by atoms with Crippen molar-refractivity contribution in [1.29, 1.82) is 0 Å². The zero-order chi connectivity index (χ0) is 16.2. The lowest BCUT2D eigenvalue weighted by Gasteiger charge is -2.31. The topological polar surface area (TPSA) is 75.7 Å². The molecular weight excluding hydrogens is 304 g/mol. The average Bonchev–Trinajstić information content (AvgIpc) is 2.54. The van der Waals surface area contributed by atoms with Gasteiger partial charge >= 0.3 is 5.97 Å². The van der Waals surface area contributed by atoms with Gasteiger partial charge in [-0.25, -0.2) is 17.5 Å². The fourth-order valence-corrected chi connectivity index (χ4v) is 4.24. The first-order chi connectivity index (χ1) is 10.5. The molecule has 22 heavy (non-hydrogen) atoms. The van der Waals surface area contributed by atoms with Crippen LogP contribution in [0.5, 0.6) is 0 Å². The molecule has 0 amide bonds. The third-order valence-electron chi connectivity index (χ3n) is 3.88. The van der Waals surface area contributed by atoms with E-state index in [2.05, 4.69) is 10.1 Å². The monoisotopic (exact) mass is 326 g/mol. The van der Waals surface area contributed by atoms with Crippen LogP contribution in [0.15, 0.2) is 24.3 Å². The van der Waals surface area contributed by atoms with Crippen LogP contribution < -0.4 is 5.32 Å². The number of ether oxygens (including phenoxy) is 1. The highest BCUT2D eigenvalue weighted by atomic mass is 32.2. The predicted molar refractivity (Wildman–Crippen MR) is 84.1 cm³/mol. The maximum Gasteiger partial charge on any atom is 0.337 e. The van der Waals surface area contributed by atoms with E-state index in [1.807, 2.05) is 7.05 Å². The smallest absolute Gasteiger partial charge is 0.337 e. The molecule has 1 saturated heterocycles. The van der Waals surface area contributed by atoms with Crippen LogP contribution in [0.25, 0.3) is 0 Å². The lowest BCUT2D eigenvalue weighted by Crippen LogP contribution is -2.47. The largest absolute Gasteiger partial charge is 0.465 e. The zero-order valence-electron chi connectivity index (χ0n) is 12.9. The van der Waals surface area contributed by atoms with Crippen molar-refractivity contribution in [3.63, 3.8) is 0 Å². The number of benzene rings is 1. The van der Waals surface area contributed by atoms with E-state index in [9.17, 15) is 13.2 Å². The molecule has 1 unspecified atom stereocenters. The molecule has 0 radical (unpaired) electrons. The standard InChI is InChI=1S/C15H22N2O4S/c1-16-14-7-4-8-17(10-14)22(19,20)11-12-5-3-6-13(9-12)15(18)21-2/h3,5-6,9,14,16H,4,7-8,10-11H2,1-2H3. The number of hydrogen-bond donors (Lipinski definition) is 1. The van der Waals surface area contributed by atoms with Gasteiger partial charge in [-0.15, -0.1) is 0 Å². The Hall–Kier alpha value is -1.44. The molecule has 0 aromatic heterocycles. The van der Waals surface area contributed by atoms with Crippen LogP contribution in [0.4, 0.5) is 0 Å². The van der Waals surface area contributed by atoms with E-state index in [-0.39, 0.29) is 11.8 Å². The predicted octanol–water partition coefficient (Wildman–Crippen LogP) is 0.987. The molecule has 1 aromatic carbocycles. The molecule has 0 bridgehead atoms. The van der Waals surface area contributed by atoms with E-state index in [1.165, 1.54) is 11.4 Å². The maximum atomic E-state index is 12.5. The van der Waals surface area contributed by atoms with Crippen molar-refractivity contribution in [3.05, 3.63) is 35.4 Å². The Balaban J connectivity index is 2.13. The van der Waals surface area contributed by atoms with Gasteiger partial charge in [0.1, 0.15) is 0 Å². The number of sulfonamides is 1. The normalized spacial score (nSPS) is 19.8. The Morgan fingerprint density at radius 1 is 1.45 bits per heavy atom. The second-order valence-electron chi connectivity index (χ2n) is 5.43. The molecular formula is C15H22N2O4S. The van der Waals surface area contributed by atoms with Crippen LogP contribution in [-0.2, 0) is 20.5 Å². The Bertz CT molecular complexity index is 630. The third-order valence-corrected chi connectivity index (χ3v) is 5.70. The fourth-order valence-electron chi connectivity index (χ4n) is 2.64. The molecule has 0 spiro atoms. The summed E-state index contributed by atoms with van der Waals surface area (Å²) in [5.74, 6) is -0.568. The second-order valence-corrected chi connectivity index (χ2v) is 7.40. The molecule has 1 N–H and O–H groups in total. The quantitative estimate of drug-likeness (QED) is 0.817. The zero-order valence-corrected chi connectivity index (χ0v) is 13.7. The van der Waals surface area contributed by atoms with Gasteiger partial charge in [0.05, 0.1) is 18.4 Å².